The summed E-state index contributed by atoms with van der Waals surface area (Å²) in [5, 5.41) is 0. The molecule has 3 nitrogen and oxygen atoms in total. The van der Waals surface area contributed by atoms with Crippen LogP contribution in [-0.4, -0.2) is 12.6 Å². The van der Waals surface area contributed by atoms with Crippen LogP contribution in [-0.2, 0) is 9.53 Å². The third-order valence-corrected chi connectivity index (χ3v) is 3.43. The van der Waals surface area contributed by atoms with Crippen molar-refractivity contribution < 1.29 is 9.53 Å². The van der Waals surface area contributed by atoms with Crippen molar-refractivity contribution >= 4 is 5.97 Å². The van der Waals surface area contributed by atoms with Gasteiger partial charge in [0.15, 0.2) is 0 Å². The Morgan fingerprint density at radius 2 is 2.40 bits per heavy atom. The van der Waals surface area contributed by atoms with Gasteiger partial charge in [0.1, 0.15) is 0 Å². The number of hydrogen-bond acceptors (Lipinski definition) is 2. The molecule has 2 saturated carbocycles. The van der Waals surface area contributed by atoms with E-state index in [0.29, 0.717) is 12.5 Å². The van der Waals surface area contributed by atoms with Gasteiger partial charge in [-0.2, -0.15) is 0 Å². The van der Waals surface area contributed by atoms with E-state index >= 15 is 0 Å². The molecule has 2 aliphatic rings. The topological polar surface area (TPSA) is 30.7 Å². The maximum absolute atomic E-state index is 11.5. The van der Waals surface area contributed by atoms with Gasteiger partial charge in [-0.25, -0.2) is 4.85 Å². The first-order valence-electron chi connectivity index (χ1n) is 5.53. The van der Waals surface area contributed by atoms with Crippen LogP contribution in [0.4, 0.5) is 0 Å². The minimum Gasteiger partial charge on any atom is -0.471 e. The highest BCUT2D eigenvalue weighted by Gasteiger charge is 2.38. The smallest absolute Gasteiger partial charge is 0.336 e. The van der Waals surface area contributed by atoms with Crippen molar-refractivity contribution in [1.29, 1.82) is 0 Å². The van der Waals surface area contributed by atoms with Gasteiger partial charge >= 0.3 is 5.97 Å². The van der Waals surface area contributed by atoms with Gasteiger partial charge in [-0.1, -0.05) is 5.57 Å². The lowest BCUT2D eigenvalue weighted by molar-refractivity contribution is -0.138. The predicted molar refractivity (Wildman–Crippen MR) is 55.7 cm³/mol. The van der Waals surface area contributed by atoms with E-state index in [2.05, 4.69) is 4.85 Å². The van der Waals surface area contributed by atoms with Gasteiger partial charge in [0.05, 0.1) is 13.2 Å². The molecule has 0 N–H and O–H groups in total. The SMILES string of the molecule is [C-]#[N+]C(C(=O)OCC)=C1CC2CCC1C2. The number of esters is 1. The van der Waals surface area contributed by atoms with Crippen LogP contribution in [0, 0.1) is 18.4 Å². The van der Waals surface area contributed by atoms with Crippen molar-refractivity contribution in [3.8, 4) is 0 Å². The zero-order valence-corrected chi connectivity index (χ0v) is 8.95. The second-order valence-corrected chi connectivity index (χ2v) is 4.29. The van der Waals surface area contributed by atoms with Crippen molar-refractivity contribution in [2.75, 3.05) is 6.61 Å². The molecule has 0 spiro atoms. The van der Waals surface area contributed by atoms with E-state index in [0.717, 1.165) is 24.3 Å². The monoisotopic (exact) mass is 205 g/mol. The zero-order valence-electron chi connectivity index (χ0n) is 8.95. The molecular formula is C12H15NO2. The number of carbonyl (C=O) groups excluding carboxylic acids is 1. The Kier molecular flexibility index (Phi) is 2.77. The molecule has 2 atom stereocenters. The number of hydrogen-bond donors (Lipinski definition) is 0. The Morgan fingerprint density at radius 1 is 1.60 bits per heavy atom. The molecule has 2 unspecified atom stereocenters. The van der Waals surface area contributed by atoms with Gasteiger partial charge in [0.2, 0.25) is 0 Å². The van der Waals surface area contributed by atoms with Crippen LogP contribution < -0.4 is 0 Å². The van der Waals surface area contributed by atoms with E-state index in [1.54, 1.807) is 6.92 Å². The molecule has 2 fully saturated rings. The van der Waals surface area contributed by atoms with E-state index in [1.807, 2.05) is 0 Å². The normalized spacial score (nSPS) is 31.2. The van der Waals surface area contributed by atoms with E-state index in [4.69, 9.17) is 11.3 Å². The second-order valence-electron chi connectivity index (χ2n) is 4.29. The summed E-state index contributed by atoms with van der Waals surface area (Å²) in [7, 11) is 0. The average Bonchev–Trinajstić information content (AvgIpc) is 2.81. The van der Waals surface area contributed by atoms with Crippen molar-refractivity contribution in [2.45, 2.75) is 32.6 Å². The Balaban J connectivity index is 2.22. The average molecular weight is 205 g/mol. The highest BCUT2D eigenvalue weighted by atomic mass is 16.5. The number of carbonyl (C=O) groups is 1. The molecule has 80 valence electrons. The number of rotatable bonds is 2. The van der Waals surface area contributed by atoms with Crippen molar-refractivity contribution in [2.24, 2.45) is 11.8 Å². The zero-order chi connectivity index (χ0) is 10.8. The van der Waals surface area contributed by atoms with Crippen LogP contribution in [0.5, 0.6) is 0 Å². The first-order valence-corrected chi connectivity index (χ1v) is 5.53. The Morgan fingerprint density at radius 3 is 2.87 bits per heavy atom. The minimum absolute atomic E-state index is 0.268. The molecule has 0 aliphatic heterocycles. The lowest BCUT2D eigenvalue weighted by Gasteiger charge is -2.14. The summed E-state index contributed by atoms with van der Waals surface area (Å²) in [5.41, 5.74) is 1.34. The highest BCUT2D eigenvalue weighted by molar-refractivity contribution is 5.91. The van der Waals surface area contributed by atoms with Gasteiger partial charge in [-0.3, -0.25) is 4.79 Å². The first-order chi connectivity index (χ1) is 7.26. The Hall–Kier alpha value is -1.30. The molecule has 15 heavy (non-hydrogen) atoms. The Bertz CT molecular complexity index is 351. The van der Waals surface area contributed by atoms with Crippen LogP contribution in [0.15, 0.2) is 11.3 Å². The second kappa shape index (κ2) is 4.06. The van der Waals surface area contributed by atoms with E-state index in [-0.39, 0.29) is 5.70 Å². The van der Waals surface area contributed by atoms with Gasteiger partial charge in [0, 0.05) is 0 Å². The van der Waals surface area contributed by atoms with Crippen LogP contribution >= 0.6 is 0 Å². The first kappa shape index (κ1) is 10.2. The lowest BCUT2D eigenvalue weighted by Crippen LogP contribution is -2.11. The molecule has 3 heteroatoms. The van der Waals surface area contributed by atoms with Gasteiger partial charge in [-0.05, 0) is 44.4 Å². The van der Waals surface area contributed by atoms with Crippen molar-refractivity contribution in [1.82, 2.24) is 0 Å². The van der Waals surface area contributed by atoms with Crippen molar-refractivity contribution in [3.05, 3.63) is 22.7 Å². The summed E-state index contributed by atoms with van der Waals surface area (Å²) in [6.45, 7) is 9.20. The van der Waals surface area contributed by atoms with Crippen LogP contribution in [0.25, 0.3) is 4.85 Å². The van der Waals surface area contributed by atoms with E-state index in [1.165, 1.54) is 12.8 Å². The van der Waals surface area contributed by atoms with Crippen LogP contribution in [0.2, 0.25) is 0 Å². The molecule has 0 aromatic carbocycles. The molecule has 0 radical (unpaired) electrons. The summed E-state index contributed by atoms with van der Waals surface area (Å²) in [4.78, 5) is 14.9. The number of allylic oxidation sites excluding steroid dienone is 1. The Labute approximate surface area is 89.9 Å². The molecule has 0 aromatic rings. The number of nitrogens with zero attached hydrogens (tertiary/aromatic N) is 1. The standard InChI is InChI=1S/C12H15NO2/c1-3-15-12(14)11(13-2)10-7-8-4-5-9(10)6-8/h8-9H,3-7H2,1H3. The summed E-state index contributed by atoms with van der Waals surface area (Å²) < 4.78 is 4.90. The molecule has 0 amide bonds. The quantitative estimate of drug-likeness (QED) is 0.394. The third kappa shape index (κ3) is 1.77. The van der Waals surface area contributed by atoms with Gasteiger partial charge in [-0.15, -0.1) is 0 Å². The molecule has 2 rings (SSSR count). The fourth-order valence-electron chi connectivity index (χ4n) is 2.79. The molecular weight excluding hydrogens is 190 g/mol. The summed E-state index contributed by atoms with van der Waals surface area (Å²) in [6, 6.07) is 0. The largest absolute Gasteiger partial charge is 0.471 e. The molecule has 2 bridgehead atoms. The number of fused-ring (bicyclic) bond motifs is 2. The summed E-state index contributed by atoms with van der Waals surface area (Å²) >= 11 is 0. The summed E-state index contributed by atoms with van der Waals surface area (Å²) in [6.07, 6.45) is 4.54. The minimum atomic E-state index is -0.421. The van der Waals surface area contributed by atoms with Gasteiger partial charge in [0.25, 0.3) is 5.70 Å². The third-order valence-electron chi connectivity index (χ3n) is 3.43. The molecule has 0 heterocycles. The maximum atomic E-state index is 11.5. The maximum Gasteiger partial charge on any atom is 0.336 e. The lowest BCUT2D eigenvalue weighted by atomic mass is 9.93. The van der Waals surface area contributed by atoms with Crippen molar-refractivity contribution in [3.63, 3.8) is 0 Å². The van der Waals surface area contributed by atoms with Gasteiger partial charge < -0.3 is 4.74 Å². The summed E-state index contributed by atoms with van der Waals surface area (Å²) in [5.74, 6) is 0.787. The fraction of sp³-hybridized carbons (Fsp3) is 0.667. The highest BCUT2D eigenvalue weighted by Crippen LogP contribution is 2.49. The number of ether oxygens (including phenoxy) is 1. The van der Waals surface area contributed by atoms with Crippen LogP contribution in [0.3, 0.4) is 0 Å². The molecule has 0 saturated heterocycles. The fourth-order valence-corrected chi connectivity index (χ4v) is 2.79. The molecule has 0 aromatic heterocycles. The van der Waals surface area contributed by atoms with E-state index in [9.17, 15) is 4.79 Å². The molecule has 2 aliphatic carbocycles. The van der Waals surface area contributed by atoms with E-state index < -0.39 is 5.97 Å². The predicted octanol–water partition coefficient (Wildman–Crippen LogP) is 2.54. The van der Waals surface area contributed by atoms with Crippen LogP contribution in [0.1, 0.15) is 32.6 Å².